The van der Waals surface area contributed by atoms with E-state index in [0.29, 0.717) is 5.56 Å². The Kier molecular flexibility index (Phi) is 3.06. The highest BCUT2D eigenvalue weighted by molar-refractivity contribution is 6.66. The Morgan fingerprint density at radius 3 is 1.92 bits per heavy atom. The number of benzene rings is 1. The van der Waals surface area contributed by atoms with Crippen molar-refractivity contribution in [1.29, 1.82) is 0 Å². The van der Waals surface area contributed by atoms with Crippen molar-refractivity contribution in [2.45, 2.75) is 3.79 Å². The molecule has 0 saturated heterocycles. The molecular formula is C8H5Cl3O2. The van der Waals surface area contributed by atoms with Crippen LogP contribution in [-0.2, 0) is 3.79 Å². The highest BCUT2D eigenvalue weighted by atomic mass is 35.6. The monoisotopic (exact) mass is 238 g/mol. The molecule has 13 heavy (non-hydrogen) atoms. The fourth-order valence-electron chi connectivity index (χ4n) is 0.802. The van der Waals surface area contributed by atoms with Crippen LogP contribution in [0.25, 0.3) is 0 Å². The summed E-state index contributed by atoms with van der Waals surface area (Å²) in [5.74, 6) is -1.00. The maximum Gasteiger partial charge on any atom is 0.335 e. The summed E-state index contributed by atoms with van der Waals surface area (Å²) in [5, 5.41) is 8.58. The van der Waals surface area contributed by atoms with Crippen molar-refractivity contribution in [3.05, 3.63) is 35.4 Å². The second-order valence-corrected chi connectivity index (χ2v) is 4.66. The van der Waals surface area contributed by atoms with Gasteiger partial charge in [-0.25, -0.2) is 4.79 Å². The van der Waals surface area contributed by atoms with Crippen LogP contribution in [0.1, 0.15) is 15.9 Å². The Bertz CT molecular complexity index is 313. The first-order chi connectivity index (χ1) is 5.91. The van der Waals surface area contributed by atoms with E-state index in [1.807, 2.05) is 0 Å². The van der Waals surface area contributed by atoms with Gasteiger partial charge in [0.1, 0.15) is 0 Å². The first-order valence-corrected chi connectivity index (χ1v) is 4.45. The molecule has 5 heteroatoms. The molecule has 0 unspecified atom stereocenters. The quantitative estimate of drug-likeness (QED) is 0.764. The Labute approximate surface area is 90.0 Å². The molecule has 0 aliphatic rings. The lowest BCUT2D eigenvalue weighted by Gasteiger charge is -2.10. The second kappa shape index (κ2) is 3.74. The molecule has 2 nitrogen and oxygen atoms in total. The van der Waals surface area contributed by atoms with E-state index in [2.05, 4.69) is 0 Å². The van der Waals surface area contributed by atoms with Gasteiger partial charge in [-0.2, -0.15) is 0 Å². The van der Waals surface area contributed by atoms with E-state index in [9.17, 15) is 4.79 Å². The lowest BCUT2D eigenvalue weighted by Crippen LogP contribution is -2.01. The van der Waals surface area contributed by atoms with Crippen molar-refractivity contribution >= 4 is 40.8 Å². The Morgan fingerprint density at radius 1 is 1.15 bits per heavy atom. The molecule has 0 atom stereocenters. The molecule has 1 aromatic rings. The van der Waals surface area contributed by atoms with Crippen molar-refractivity contribution in [2.75, 3.05) is 0 Å². The average Bonchev–Trinajstić information content (AvgIpc) is 2.03. The summed E-state index contributed by atoms with van der Waals surface area (Å²) >= 11 is 16.7. The molecule has 1 rings (SSSR count). The van der Waals surface area contributed by atoms with Gasteiger partial charge in [0, 0.05) is 5.56 Å². The highest BCUT2D eigenvalue weighted by Gasteiger charge is 2.22. The number of rotatable bonds is 1. The summed E-state index contributed by atoms with van der Waals surface area (Å²) in [6.07, 6.45) is 0. The lowest BCUT2D eigenvalue weighted by atomic mass is 10.1. The maximum absolute atomic E-state index is 10.5. The summed E-state index contributed by atoms with van der Waals surface area (Å²) in [5.41, 5.74) is 0.612. The number of carbonyl (C=O) groups is 1. The largest absolute Gasteiger partial charge is 0.478 e. The van der Waals surface area contributed by atoms with Crippen LogP contribution in [0.4, 0.5) is 0 Å². The van der Waals surface area contributed by atoms with E-state index in [-0.39, 0.29) is 5.56 Å². The number of alkyl halides is 3. The number of hydrogen-bond donors (Lipinski definition) is 1. The molecule has 0 bridgehead atoms. The molecule has 0 aliphatic heterocycles. The van der Waals surface area contributed by atoms with Gasteiger partial charge in [0.05, 0.1) is 5.56 Å². The number of hydrogen-bond acceptors (Lipinski definition) is 1. The van der Waals surface area contributed by atoms with Gasteiger partial charge in [0.15, 0.2) is 0 Å². The topological polar surface area (TPSA) is 37.3 Å². The van der Waals surface area contributed by atoms with E-state index < -0.39 is 9.76 Å². The van der Waals surface area contributed by atoms with Gasteiger partial charge in [-0.05, 0) is 12.1 Å². The van der Waals surface area contributed by atoms with Crippen molar-refractivity contribution in [3.8, 4) is 0 Å². The zero-order valence-corrected chi connectivity index (χ0v) is 8.57. The van der Waals surface area contributed by atoms with Gasteiger partial charge in [-0.1, -0.05) is 46.9 Å². The molecular weight excluding hydrogens is 234 g/mol. The molecule has 0 saturated carbocycles. The van der Waals surface area contributed by atoms with Gasteiger partial charge < -0.3 is 5.11 Å². The van der Waals surface area contributed by atoms with Gasteiger partial charge in [-0.15, -0.1) is 0 Å². The third-order valence-electron chi connectivity index (χ3n) is 1.46. The summed E-state index contributed by atoms with van der Waals surface area (Å²) in [7, 11) is 0. The third kappa shape index (κ3) is 2.76. The van der Waals surface area contributed by atoms with Crippen molar-refractivity contribution < 1.29 is 9.90 Å². The predicted molar refractivity (Wildman–Crippen MR) is 52.6 cm³/mol. The SMILES string of the molecule is O=C(O)c1ccc(C(Cl)(Cl)Cl)cc1. The molecule has 0 aromatic heterocycles. The van der Waals surface area contributed by atoms with Crippen molar-refractivity contribution in [2.24, 2.45) is 0 Å². The zero-order chi connectivity index (χ0) is 10.1. The molecule has 0 aliphatic carbocycles. The number of aromatic carboxylic acids is 1. The van der Waals surface area contributed by atoms with Gasteiger partial charge in [0.25, 0.3) is 0 Å². The van der Waals surface area contributed by atoms with E-state index >= 15 is 0 Å². The summed E-state index contributed by atoms with van der Waals surface area (Å²) in [4.78, 5) is 10.5. The maximum atomic E-state index is 10.5. The summed E-state index contributed by atoms with van der Waals surface area (Å²) < 4.78 is -1.50. The number of halogens is 3. The molecule has 1 aromatic carbocycles. The minimum Gasteiger partial charge on any atom is -0.478 e. The normalized spacial score (nSPS) is 11.3. The van der Waals surface area contributed by atoms with Crippen LogP contribution in [0.15, 0.2) is 24.3 Å². The highest BCUT2D eigenvalue weighted by Crippen LogP contribution is 2.37. The lowest BCUT2D eigenvalue weighted by molar-refractivity contribution is 0.0697. The Hall–Kier alpha value is -0.440. The smallest absolute Gasteiger partial charge is 0.335 e. The average molecular weight is 239 g/mol. The van der Waals surface area contributed by atoms with Gasteiger partial charge in [-0.3, -0.25) is 0 Å². The minimum absolute atomic E-state index is 0.165. The fourth-order valence-corrected chi connectivity index (χ4v) is 1.18. The van der Waals surface area contributed by atoms with Crippen LogP contribution >= 0.6 is 34.8 Å². The Balaban J connectivity index is 3.01. The molecule has 1 N–H and O–H groups in total. The predicted octanol–water partition coefficient (Wildman–Crippen LogP) is 3.21. The van der Waals surface area contributed by atoms with Crippen LogP contribution in [0, 0.1) is 0 Å². The van der Waals surface area contributed by atoms with E-state index in [4.69, 9.17) is 39.9 Å². The van der Waals surface area contributed by atoms with Crippen LogP contribution in [0.2, 0.25) is 0 Å². The molecule has 0 spiro atoms. The van der Waals surface area contributed by atoms with Crippen molar-refractivity contribution in [1.82, 2.24) is 0 Å². The van der Waals surface area contributed by atoms with Crippen molar-refractivity contribution in [3.63, 3.8) is 0 Å². The second-order valence-electron chi connectivity index (χ2n) is 2.38. The molecule has 0 fully saturated rings. The first kappa shape index (κ1) is 10.6. The van der Waals surface area contributed by atoms with Crippen LogP contribution in [0.5, 0.6) is 0 Å². The van der Waals surface area contributed by atoms with E-state index in [1.54, 1.807) is 0 Å². The Morgan fingerprint density at radius 2 is 1.62 bits per heavy atom. The number of carboxylic acid groups (broad SMARTS) is 1. The van der Waals surface area contributed by atoms with E-state index in [0.717, 1.165) is 0 Å². The van der Waals surface area contributed by atoms with Gasteiger partial charge >= 0.3 is 5.97 Å². The minimum atomic E-state index is -1.50. The zero-order valence-electron chi connectivity index (χ0n) is 6.30. The third-order valence-corrected chi connectivity index (χ3v) is 2.11. The number of carboxylic acids is 1. The first-order valence-electron chi connectivity index (χ1n) is 3.32. The molecule has 0 radical (unpaired) electrons. The summed E-state index contributed by atoms with van der Waals surface area (Å²) in [6, 6.07) is 5.71. The van der Waals surface area contributed by atoms with Crippen LogP contribution < -0.4 is 0 Å². The standard InChI is InChI=1S/C8H5Cl3O2/c9-8(10,11)6-3-1-5(2-4-6)7(12)13/h1-4H,(H,12,13). The summed E-state index contributed by atoms with van der Waals surface area (Å²) in [6.45, 7) is 0. The molecule has 70 valence electrons. The van der Waals surface area contributed by atoms with Crippen LogP contribution in [0.3, 0.4) is 0 Å². The molecule has 0 amide bonds. The van der Waals surface area contributed by atoms with Gasteiger partial charge in [0.2, 0.25) is 3.79 Å². The van der Waals surface area contributed by atoms with E-state index in [1.165, 1.54) is 24.3 Å². The molecule has 0 heterocycles. The fraction of sp³-hybridized carbons (Fsp3) is 0.125. The van der Waals surface area contributed by atoms with Crippen LogP contribution in [-0.4, -0.2) is 11.1 Å².